The molecule has 0 bridgehead atoms. The molecule has 3 aliphatic carbocycles. The van der Waals surface area contributed by atoms with Gasteiger partial charge in [-0.05, 0) is 131 Å². The van der Waals surface area contributed by atoms with E-state index in [0.717, 1.165) is 36.0 Å². The van der Waals surface area contributed by atoms with Crippen molar-refractivity contribution in [3.8, 4) is 0 Å². The van der Waals surface area contributed by atoms with Gasteiger partial charge in [0.25, 0.3) is 0 Å². The number of aliphatic hydroxyl groups is 1. The molecule has 3 fully saturated rings. The number of carbonyl (C=O) groups is 1. The molecule has 1 aromatic rings. The van der Waals surface area contributed by atoms with Crippen molar-refractivity contribution in [2.75, 3.05) is 13.2 Å². The van der Waals surface area contributed by atoms with E-state index in [-0.39, 0.29) is 18.5 Å². The number of aliphatic hydroxyl groups excluding tert-OH is 1. The van der Waals surface area contributed by atoms with Gasteiger partial charge in [-0.15, -0.1) is 0 Å². The second-order valence-electron chi connectivity index (χ2n) is 14.2. The molecule has 0 spiro atoms. The minimum absolute atomic E-state index is 0.117. The number of carbonyl (C=O) groups excluding carboxylic acids is 1. The average Bonchev–Trinajstić information content (AvgIpc) is 3.02. The van der Waals surface area contributed by atoms with Crippen LogP contribution in [0.1, 0.15) is 152 Å². The second kappa shape index (κ2) is 16.9. The number of rotatable bonds is 14. The Labute approximate surface area is 251 Å². The van der Waals surface area contributed by atoms with Crippen LogP contribution in [0.15, 0.2) is 36.4 Å². The third kappa shape index (κ3) is 9.70. The Kier molecular flexibility index (Phi) is 13.3. The minimum atomic E-state index is -0.332. The van der Waals surface area contributed by atoms with Crippen LogP contribution in [0.2, 0.25) is 0 Å². The fourth-order valence-electron chi connectivity index (χ4n) is 8.67. The first kappa shape index (κ1) is 32.3. The second-order valence-corrected chi connectivity index (χ2v) is 14.2. The van der Waals surface area contributed by atoms with Crippen molar-refractivity contribution in [3.63, 3.8) is 0 Å². The molecule has 0 heterocycles. The average molecular weight is 565 g/mol. The highest BCUT2D eigenvalue weighted by Crippen LogP contribution is 2.47. The Hall–Kier alpha value is -1.61. The quantitative estimate of drug-likeness (QED) is 0.139. The van der Waals surface area contributed by atoms with E-state index >= 15 is 0 Å². The third-order valence-electron chi connectivity index (χ3n) is 11.4. The summed E-state index contributed by atoms with van der Waals surface area (Å²) in [7, 11) is 0. The maximum atomic E-state index is 11.9. The molecule has 1 atom stereocenters. The minimum Gasteiger partial charge on any atom is -0.462 e. The van der Waals surface area contributed by atoms with Gasteiger partial charge in [-0.2, -0.15) is 0 Å². The van der Waals surface area contributed by atoms with Crippen molar-refractivity contribution in [3.05, 3.63) is 47.5 Å². The van der Waals surface area contributed by atoms with E-state index in [2.05, 4.69) is 37.8 Å². The molecule has 0 amide bonds. The van der Waals surface area contributed by atoms with Crippen LogP contribution >= 0.6 is 0 Å². The van der Waals surface area contributed by atoms with Gasteiger partial charge in [0.15, 0.2) is 0 Å². The zero-order valence-corrected chi connectivity index (χ0v) is 26.5. The van der Waals surface area contributed by atoms with Crippen molar-refractivity contribution in [1.29, 1.82) is 0 Å². The van der Waals surface area contributed by atoms with Gasteiger partial charge in [0.05, 0.1) is 6.61 Å². The summed E-state index contributed by atoms with van der Waals surface area (Å²) in [4.78, 5) is 11.9. The molecule has 0 aromatic heterocycles. The van der Waals surface area contributed by atoms with Gasteiger partial charge in [-0.25, -0.2) is 4.79 Å². The van der Waals surface area contributed by atoms with E-state index in [4.69, 9.17) is 4.74 Å². The Bertz CT molecular complexity index is 896. The van der Waals surface area contributed by atoms with Crippen molar-refractivity contribution in [2.24, 2.45) is 29.6 Å². The number of ether oxygens (including phenoxy) is 1. The van der Waals surface area contributed by atoms with Crippen molar-refractivity contribution in [1.82, 2.24) is 0 Å². The number of esters is 1. The first-order valence-corrected chi connectivity index (χ1v) is 17.5. The summed E-state index contributed by atoms with van der Waals surface area (Å²) in [6.45, 7) is 8.20. The SMILES string of the molecule is C=C(C)C(=O)OCC(CCCO)c1ccc(C2CCC(C3CCC(C4CCC(CCCCC)CC4)CC3)CC2)cc1. The Morgan fingerprint density at radius 3 is 1.88 bits per heavy atom. The summed E-state index contributed by atoms with van der Waals surface area (Å²) in [6, 6.07) is 9.10. The van der Waals surface area contributed by atoms with E-state index in [9.17, 15) is 9.90 Å². The van der Waals surface area contributed by atoms with Crippen molar-refractivity contribution >= 4 is 5.97 Å². The standard InChI is InChI=1S/C38H60O3/c1-4-5-6-8-29-10-12-30(13-11-29)31-14-16-32(17-15-31)33-18-20-34(21-19-33)35-22-24-36(25-23-35)37(9-7-26-39)27-41-38(40)28(2)3/h22-25,29-34,37,39H,2,4-21,26-27H2,1,3H3. The van der Waals surface area contributed by atoms with Crippen LogP contribution in [0.3, 0.4) is 0 Å². The third-order valence-corrected chi connectivity index (χ3v) is 11.4. The first-order chi connectivity index (χ1) is 20.0. The van der Waals surface area contributed by atoms with E-state index in [1.54, 1.807) is 6.92 Å². The molecule has 3 aliphatic rings. The van der Waals surface area contributed by atoms with Crippen LogP contribution in [0.25, 0.3) is 0 Å². The fourth-order valence-corrected chi connectivity index (χ4v) is 8.67. The molecule has 230 valence electrons. The molecule has 1 N–H and O–H groups in total. The molecule has 3 nitrogen and oxygen atoms in total. The van der Waals surface area contributed by atoms with Crippen LogP contribution < -0.4 is 0 Å². The van der Waals surface area contributed by atoms with Crippen LogP contribution in [0.5, 0.6) is 0 Å². The number of benzene rings is 1. The van der Waals surface area contributed by atoms with Gasteiger partial charge in [0, 0.05) is 18.1 Å². The molecule has 41 heavy (non-hydrogen) atoms. The lowest BCUT2D eigenvalue weighted by Gasteiger charge is -2.41. The molecular formula is C38H60O3. The van der Waals surface area contributed by atoms with E-state index in [0.29, 0.717) is 24.5 Å². The highest BCUT2D eigenvalue weighted by molar-refractivity contribution is 5.86. The van der Waals surface area contributed by atoms with Crippen molar-refractivity contribution in [2.45, 2.75) is 141 Å². The molecule has 3 saturated carbocycles. The summed E-state index contributed by atoms with van der Waals surface area (Å²) < 4.78 is 5.47. The molecule has 1 aromatic carbocycles. The van der Waals surface area contributed by atoms with Gasteiger partial charge in [0.2, 0.25) is 0 Å². The van der Waals surface area contributed by atoms with Gasteiger partial charge >= 0.3 is 5.97 Å². The predicted octanol–water partition coefficient (Wildman–Crippen LogP) is 10.1. The molecular weight excluding hydrogens is 504 g/mol. The smallest absolute Gasteiger partial charge is 0.333 e. The Morgan fingerprint density at radius 1 is 0.829 bits per heavy atom. The normalized spacial score (nSPS) is 29.5. The van der Waals surface area contributed by atoms with Gasteiger partial charge in [-0.1, -0.05) is 76.3 Å². The number of unbranched alkanes of at least 4 members (excludes halogenated alkanes) is 2. The summed E-state index contributed by atoms with van der Waals surface area (Å²) in [5.74, 6) is 5.51. The van der Waals surface area contributed by atoms with Gasteiger partial charge in [0.1, 0.15) is 0 Å². The highest BCUT2D eigenvalue weighted by Gasteiger charge is 2.35. The number of hydrogen-bond donors (Lipinski definition) is 1. The van der Waals surface area contributed by atoms with E-state index < -0.39 is 0 Å². The molecule has 4 rings (SSSR count). The maximum absolute atomic E-state index is 11.9. The lowest BCUT2D eigenvalue weighted by molar-refractivity contribution is -0.139. The topological polar surface area (TPSA) is 46.5 Å². The summed E-state index contributed by atoms with van der Waals surface area (Å²) >= 11 is 0. The van der Waals surface area contributed by atoms with Crippen LogP contribution in [0, 0.1) is 29.6 Å². The molecule has 0 saturated heterocycles. The number of hydrogen-bond acceptors (Lipinski definition) is 3. The highest BCUT2D eigenvalue weighted by atomic mass is 16.5. The van der Waals surface area contributed by atoms with E-state index in [1.165, 1.54) is 114 Å². The lowest BCUT2D eigenvalue weighted by Crippen LogP contribution is -2.29. The van der Waals surface area contributed by atoms with Crippen LogP contribution in [-0.2, 0) is 9.53 Å². The monoisotopic (exact) mass is 564 g/mol. The first-order valence-electron chi connectivity index (χ1n) is 17.5. The molecule has 0 aliphatic heterocycles. The van der Waals surface area contributed by atoms with Gasteiger partial charge < -0.3 is 9.84 Å². The molecule has 0 radical (unpaired) electrons. The molecule has 1 unspecified atom stereocenters. The summed E-state index contributed by atoms with van der Waals surface area (Å²) in [5, 5.41) is 9.35. The zero-order chi connectivity index (χ0) is 29.0. The fraction of sp³-hybridized carbons (Fsp3) is 0.763. The van der Waals surface area contributed by atoms with Crippen LogP contribution in [-0.4, -0.2) is 24.3 Å². The van der Waals surface area contributed by atoms with Crippen LogP contribution in [0.4, 0.5) is 0 Å². The lowest BCUT2D eigenvalue weighted by atomic mass is 9.64. The molecule has 3 heteroatoms. The summed E-state index contributed by atoms with van der Waals surface area (Å²) in [6.07, 6.45) is 24.8. The largest absolute Gasteiger partial charge is 0.462 e. The summed E-state index contributed by atoms with van der Waals surface area (Å²) in [5.41, 5.74) is 3.11. The maximum Gasteiger partial charge on any atom is 0.333 e. The van der Waals surface area contributed by atoms with Gasteiger partial charge in [-0.3, -0.25) is 0 Å². The van der Waals surface area contributed by atoms with Crippen molar-refractivity contribution < 1.29 is 14.6 Å². The van der Waals surface area contributed by atoms with E-state index in [1.807, 2.05) is 0 Å². The predicted molar refractivity (Wildman–Crippen MR) is 171 cm³/mol. The Balaban J connectivity index is 1.18. The Morgan fingerprint density at radius 2 is 1.37 bits per heavy atom. The zero-order valence-electron chi connectivity index (χ0n) is 26.5.